The van der Waals surface area contributed by atoms with Gasteiger partial charge in [-0.1, -0.05) is 0 Å². The first-order valence-corrected chi connectivity index (χ1v) is 4.71. The maximum absolute atomic E-state index is 11.3. The van der Waals surface area contributed by atoms with E-state index in [1.165, 1.54) is 7.11 Å². The number of ether oxygens (including phenoxy) is 1. The number of aliphatic hydroxyl groups is 1. The molecule has 2 fully saturated rings. The van der Waals surface area contributed by atoms with Crippen molar-refractivity contribution in [1.82, 2.24) is 5.32 Å². The number of nitrogens with one attached hydrogen (secondary N) is 1. The van der Waals surface area contributed by atoms with Crippen molar-refractivity contribution in [2.24, 2.45) is 0 Å². The summed E-state index contributed by atoms with van der Waals surface area (Å²) in [5, 5.41) is 13.4. The molecule has 0 radical (unpaired) electrons. The van der Waals surface area contributed by atoms with Crippen molar-refractivity contribution in [2.45, 2.75) is 43.4 Å². The Hall–Kier alpha value is -0.610. The molecule has 4 nitrogen and oxygen atoms in total. The summed E-state index contributed by atoms with van der Waals surface area (Å²) in [6.45, 7) is 0. The van der Waals surface area contributed by atoms with Crippen LogP contribution in [0.1, 0.15) is 25.7 Å². The zero-order valence-electron chi connectivity index (χ0n) is 7.75. The van der Waals surface area contributed by atoms with Crippen LogP contribution in [-0.4, -0.2) is 35.9 Å². The Morgan fingerprint density at radius 3 is 2.46 bits per heavy atom. The molecule has 0 aliphatic carbocycles. The van der Waals surface area contributed by atoms with E-state index in [0.717, 1.165) is 12.8 Å². The van der Waals surface area contributed by atoms with Crippen molar-refractivity contribution in [3.63, 3.8) is 0 Å². The molecule has 74 valence electrons. The van der Waals surface area contributed by atoms with E-state index in [-0.39, 0.29) is 0 Å². The van der Waals surface area contributed by atoms with Gasteiger partial charge < -0.3 is 15.2 Å². The van der Waals surface area contributed by atoms with Crippen molar-refractivity contribution in [1.29, 1.82) is 0 Å². The highest BCUT2D eigenvalue weighted by Gasteiger charge is 2.47. The Bertz CT molecular complexity index is 217. The zero-order chi connectivity index (χ0) is 9.47. The predicted molar refractivity (Wildman–Crippen MR) is 46.1 cm³/mol. The van der Waals surface area contributed by atoms with Gasteiger partial charge in [-0.25, -0.2) is 4.79 Å². The first-order chi connectivity index (χ1) is 6.14. The molecule has 2 heterocycles. The Balaban J connectivity index is 2.12. The fraction of sp³-hybridized carbons (Fsp3) is 0.889. The summed E-state index contributed by atoms with van der Waals surface area (Å²) in [7, 11) is 1.32. The number of esters is 1. The molecule has 1 unspecified atom stereocenters. The molecule has 2 bridgehead atoms. The van der Waals surface area contributed by atoms with Gasteiger partial charge in [0.2, 0.25) is 0 Å². The molecular formula is C9H15NO3. The monoisotopic (exact) mass is 185 g/mol. The first-order valence-electron chi connectivity index (χ1n) is 4.71. The average molecular weight is 185 g/mol. The van der Waals surface area contributed by atoms with Crippen molar-refractivity contribution < 1.29 is 14.6 Å². The summed E-state index contributed by atoms with van der Waals surface area (Å²) in [5.74, 6) is -0.481. The van der Waals surface area contributed by atoms with E-state index < -0.39 is 11.6 Å². The lowest BCUT2D eigenvalue weighted by molar-refractivity contribution is -0.166. The molecule has 0 aromatic heterocycles. The Morgan fingerprint density at radius 2 is 2.00 bits per heavy atom. The lowest BCUT2D eigenvalue weighted by Crippen LogP contribution is -2.53. The molecule has 0 saturated carbocycles. The van der Waals surface area contributed by atoms with Crippen LogP contribution in [0.4, 0.5) is 0 Å². The van der Waals surface area contributed by atoms with Crippen LogP contribution in [0.3, 0.4) is 0 Å². The molecule has 2 aliphatic heterocycles. The van der Waals surface area contributed by atoms with Gasteiger partial charge in [-0.2, -0.15) is 0 Å². The highest BCUT2D eigenvalue weighted by molar-refractivity contribution is 5.79. The first kappa shape index (κ1) is 8.97. The summed E-state index contributed by atoms with van der Waals surface area (Å²) in [4.78, 5) is 11.3. The maximum atomic E-state index is 11.3. The highest BCUT2D eigenvalue weighted by atomic mass is 16.5. The van der Waals surface area contributed by atoms with Crippen LogP contribution in [0.15, 0.2) is 0 Å². The van der Waals surface area contributed by atoms with Gasteiger partial charge in [-0.3, -0.25) is 0 Å². The van der Waals surface area contributed by atoms with E-state index in [0.29, 0.717) is 24.9 Å². The molecule has 0 spiro atoms. The van der Waals surface area contributed by atoms with Gasteiger partial charge in [0.25, 0.3) is 0 Å². The molecule has 0 aromatic carbocycles. The fourth-order valence-electron chi connectivity index (χ4n) is 2.48. The smallest absolute Gasteiger partial charge is 0.337 e. The number of hydrogen-bond acceptors (Lipinski definition) is 4. The van der Waals surface area contributed by atoms with Crippen LogP contribution in [-0.2, 0) is 9.53 Å². The largest absolute Gasteiger partial charge is 0.467 e. The van der Waals surface area contributed by atoms with Crippen LogP contribution in [0.5, 0.6) is 0 Å². The molecular weight excluding hydrogens is 170 g/mol. The fourth-order valence-corrected chi connectivity index (χ4v) is 2.48. The second-order valence-corrected chi connectivity index (χ2v) is 4.07. The number of fused-ring (bicyclic) bond motifs is 2. The van der Waals surface area contributed by atoms with E-state index in [1.54, 1.807) is 0 Å². The number of carbonyl (C=O) groups excluding carboxylic acids is 1. The van der Waals surface area contributed by atoms with Crippen LogP contribution < -0.4 is 5.32 Å². The van der Waals surface area contributed by atoms with Gasteiger partial charge in [0.1, 0.15) is 0 Å². The van der Waals surface area contributed by atoms with Gasteiger partial charge in [-0.05, 0) is 12.8 Å². The number of hydrogen-bond donors (Lipinski definition) is 2. The predicted octanol–water partition coefficient (Wildman–Crippen LogP) is -0.195. The Morgan fingerprint density at radius 1 is 1.46 bits per heavy atom. The summed E-state index contributed by atoms with van der Waals surface area (Å²) in [6.07, 6.45) is 3.11. The quantitative estimate of drug-likeness (QED) is 0.556. The Labute approximate surface area is 77.3 Å². The molecule has 2 rings (SSSR count). The van der Waals surface area contributed by atoms with Crippen LogP contribution in [0, 0.1) is 0 Å². The van der Waals surface area contributed by atoms with Crippen molar-refractivity contribution in [3.8, 4) is 0 Å². The van der Waals surface area contributed by atoms with Crippen molar-refractivity contribution in [2.75, 3.05) is 7.11 Å². The molecule has 0 aromatic rings. The topological polar surface area (TPSA) is 58.6 Å². The molecule has 4 heteroatoms. The second kappa shape index (κ2) is 2.96. The van der Waals surface area contributed by atoms with Gasteiger partial charge in [-0.15, -0.1) is 0 Å². The van der Waals surface area contributed by atoms with Crippen molar-refractivity contribution in [3.05, 3.63) is 0 Å². The lowest BCUT2D eigenvalue weighted by Gasteiger charge is -2.34. The second-order valence-electron chi connectivity index (χ2n) is 4.07. The molecule has 0 amide bonds. The third-order valence-electron chi connectivity index (χ3n) is 3.07. The summed E-state index contributed by atoms with van der Waals surface area (Å²) in [6, 6.07) is 0.589. The van der Waals surface area contributed by atoms with Gasteiger partial charge in [0.05, 0.1) is 7.11 Å². The highest BCUT2D eigenvalue weighted by Crippen LogP contribution is 2.34. The van der Waals surface area contributed by atoms with Crippen molar-refractivity contribution >= 4 is 5.97 Å². The molecule has 3 atom stereocenters. The summed E-state index contributed by atoms with van der Waals surface area (Å²) in [5.41, 5.74) is -1.23. The standard InChI is InChI=1S/C9H15NO3/c1-13-8(11)9(12)4-6-2-3-7(5-9)10-6/h6-7,10,12H,2-5H2,1H3/t6-,7+,9?. The van der Waals surface area contributed by atoms with Gasteiger partial charge >= 0.3 is 5.97 Å². The lowest BCUT2D eigenvalue weighted by atomic mass is 9.88. The summed E-state index contributed by atoms with van der Waals surface area (Å²) < 4.78 is 4.60. The average Bonchev–Trinajstić information content (AvgIpc) is 2.44. The minimum atomic E-state index is -1.23. The SMILES string of the molecule is COC(=O)C1(O)C[C@H]2CC[C@@H](C1)N2. The van der Waals surface area contributed by atoms with Crippen LogP contribution in [0.2, 0.25) is 0 Å². The molecule has 13 heavy (non-hydrogen) atoms. The van der Waals surface area contributed by atoms with E-state index >= 15 is 0 Å². The van der Waals surface area contributed by atoms with E-state index in [4.69, 9.17) is 0 Å². The number of carbonyl (C=O) groups is 1. The zero-order valence-corrected chi connectivity index (χ0v) is 7.75. The third kappa shape index (κ3) is 1.44. The minimum Gasteiger partial charge on any atom is -0.467 e. The molecule has 2 N–H and O–H groups in total. The normalized spacial score (nSPS) is 43.2. The molecule has 2 saturated heterocycles. The van der Waals surface area contributed by atoms with E-state index in [9.17, 15) is 9.90 Å². The Kier molecular flexibility index (Phi) is 2.04. The van der Waals surface area contributed by atoms with E-state index in [1.807, 2.05) is 0 Å². The number of methoxy groups -OCH3 is 1. The van der Waals surface area contributed by atoms with Crippen LogP contribution >= 0.6 is 0 Å². The van der Waals surface area contributed by atoms with Crippen LogP contribution in [0.25, 0.3) is 0 Å². The molecule has 2 aliphatic rings. The third-order valence-corrected chi connectivity index (χ3v) is 3.07. The van der Waals surface area contributed by atoms with Gasteiger partial charge in [0, 0.05) is 24.9 Å². The number of rotatable bonds is 1. The number of piperidine rings is 1. The summed E-state index contributed by atoms with van der Waals surface area (Å²) >= 11 is 0. The van der Waals surface area contributed by atoms with Gasteiger partial charge in [0.15, 0.2) is 5.60 Å². The maximum Gasteiger partial charge on any atom is 0.337 e. The minimum absolute atomic E-state index is 0.294. The van der Waals surface area contributed by atoms with E-state index in [2.05, 4.69) is 10.1 Å².